The summed E-state index contributed by atoms with van der Waals surface area (Å²) in [6.07, 6.45) is 5.79. The minimum Gasteiger partial charge on any atom is -0.314 e. The van der Waals surface area contributed by atoms with Crippen LogP contribution in [-0.2, 0) is 13.0 Å². The van der Waals surface area contributed by atoms with Gasteiger partial charge in [0.25, 0.3) is 5.56 Å². The van der Waals surface area contributed by atoms with E-state index in [-0.39, 0.29) is 11.2 Å². The molecular formula is C12H19N3O2. The average Bonchev–Trinajstić information content (AvgIpc) is 3.10. The molecule has 1 aliphatic rings. The van der Waals surface area contributed by atoms with Gasteiger partial charge in [0.1, 0.15) is 0 Å². The smallest absolute Gasteiger partial charge is 0.314 e. The molecule has 1 aromatic heterocycles. The Morgan fingerprint density at radius 3 is 2.88 bits per heavy atom. The van der Waals surface area contributed by atoms with Crippen LogP contribution in [0.3, 0.4) is 0 Å². The maximum Gasteiger partial charge on any atom is 0.328 e. The zero-order valence-electron chi connectivity index (χ0n) is 10.2. The number of aromatic nitrogens is 2. The summed E-state index contributed by atoms with van der Waals surface area (Å²) in [5.41, 5.74) is 0.100. The molecule has 17 heavy (non-hydrogen) atoms. The number of rotatable bonds is 6. The van der Waals surface area contributed by atoms with Gasteiger partial charge in [0.05, 0.1) is 0 Å². The standard InChI is InChI=1S/C12H19N3O2/c1-2-9-8-15(12(17)14-11(9)16)7-3-6-13-10-4-5-10/h8,10,13H,2-7H2,1H3,(H,14,16,17). The minimum atomic E-state index is -0.307. The fourth-order valence-electron chi connectivity index (χ4n) is 1.82. The van der Waals surface area contributed by atoms with E-state index in [1.54, 1.807) is 10.8 Å². The Morgan fingerprint density at radius 2 is 2.24 bits per heavy atom. The van der Waals surface area contributed by atoms with E-state index < -0.39 is 0 Å². The SMILES string of the molecule is CCc1cn(CCCNC2CC2)c(=O)[nH]c1=O. The van der Waals surface area contributed by atoms with Gasteiger partial charge in [0.15, 0.2) is 0 Å². The van der Waals surface area contributed by atoms with Gasteiger partial charge in [-0.3, -0.25) is 9.78 Å². The molecule has 5 heteroatoms. The molecule has 1 aliphatic carbocycles. The van der Waals surface area contributed by atoms with E-state index in [0.29, 0.717) is 24.6 Å². The fourth-order valence-corrected chi connectivity index (χ4v) is 1.82. The maximum absolute atomic E-state index is 11.5. The number of aryl methyl sites for hydroxylation is 2. The molecule has 0 unspecified atom stereocenters. The highest BCUT2D eigenvalue weighted by molar-refractivity contribution is 5.03. The van der Waals surface area contributed by atoms with Crippen molar-refractivity contribution in [2.45, 2.75) is 45.2 Å². The predicted molar refractivity (Wildman–Crippen MR) is 66.3 cm³/mol. The zero-order valence-corrected chi connectivity index (χ0v) is 10.2. The maximum atomic E-state index is 11.5. The topological polar surface area (TPSA) is 66.9 Å². The van der Waals surface area contributed by atoms with Crippen LogP contribution in [0.25, 0.3) is 0 Å². The molecule has 0 radical (unpaired) electrons. The zero-order chi connectivity index (χ0) is 12.3. The van der Waals surface area contributed by atoms with Crippen LogP contribution >= 0.6 is 0 Å². The first-order valence-electron chi connectivity index (χ1n) is 6.26. The second-order valence-corrected chi connectivity index (χ2v) is 4.54. The summed E-state index contributed by atoms with van der Waals surface area (Å²) >= 11 is 0. The van der Waals surface area contributed by atoms with Gasteiger partial charge < -0.3 is 9.88 Å². The van der Waals surface area contributed by atoms with Gasteiger partial charge in [-0.15, -0.1) is 0 Å². The summed E-state index contributed by atoms with van der Waals surface area (Å²) < 4.78 is 1.59. The second kappa shape index (κ2) is 5.31. The van der Waals surface area contributed by atoms with Gasteiger partial charge in [0, 0.05) is 24.3 Å². The van der Waals surface area contributed by atoms with Crippen LogP contribution < -0.4 is 16.6 Å². The third-order valence-electron chi connectivity index (χ3n) is 3.05. The summed E-state index contributed by atoms with van der Waals surface area (Å²) in [7, 11) is 0. The van der Waals surface area contributed by atoms with Crippen molar-refractivity contribution >= 4 is 0 Å². The Kier molecular flexibility index (Phi) is 3.78. The molecule has 0 atom stereocenters. The van der Waals surface area contributed by atoms with E-state index >= 15 is 0 Å². The summed E-state index contributed by atoms with van der Waals surface area (Å²) in [6, 6.07) is 0.702. The van der Waals surface area contributed by atoms with E-state index in [2.05, 4.69) is 10.3 Å². The summed E-state index contributed by atoms with van der Waals surface area (Å²) in [6.45, 7) is 3.49. The second-order valence-electron chi connectivity index (χ2n) is 4.54. The number of H-pyrrole nitrogens is 1. The molecular weight excluding hydrogens is 218 g/mol. The van der Waals surface area contributed by atoms with Crippen molar-refractivity contribution in [3.8, 4) is 0 Å². The summed E-state index contributed by atoms with van der Waals surface area (Å²) in [5.74, 6) is 0. The van der Waals surface area contributed by atoms with E-state index in [4.69, 9.17) is 0 Å². The molecule has 1 fully saturated rings. The van der Waals surface area contributed by atoms with Crippen LogP contribution in [0.4, 0.5) is 0 Å². The largest absolute Gasteiger partial charge is 0.328 e. The molecule has 2 N–H and O–H groups in total. The van der Waals surface area contributed by atoms with Gasteiger partial charge in [-0.05, 0) is 32.2 Å². The number of hydrogen-bond donors (Lipinski definition) is 2. The molecule has 1 aromatic rings. The van der Waals surface area contributed by atoms with Crippen LogP contribution in [0, 0.1) is 0 Å². The Balaban J connectivity index is 1.94. The highest BCUT2D eigenvalue weighted by atomic mass is 16.2. The fraction of sp³-hybridized carbons (Fsp3) is 0.667. The third kappa shape index (κ3) is 3.30. The lowest BCUT2D eigenvalue weighted by Crippen LogP contribution is -2.32. The van der Waals surface area contributed by atoms with E-state index in [0.717, 1.165) is 13.0 Å². The highest BCUT2D eigenvalue weighted by Crippen LogP contribution is 2.18. The minimum absolute atomic E-state index is 0.259. The lowest BCUT2D eigenvalue weighted by Gasteiger charge is -2.07. The normalized spacial score (nSPS) is 15.1. The van der Waals surface area contributed by atoms with Crippen LogP contribution in [-0.4, -0.2) is 22.1 Å². The molecule has 2 rings (SSSR count). The number of nitrogens with zero attached hydrogens (tertiary/aromatic N) is 1. The monoisotopic (exact) mass is 237 g/mol. The van der Waals surface area contributed by atoms with Gasteiger partial charge in [-0.2, -0.15) is 0 Å². The van der Waals surface area contributed by atoms with Crippen molar-refractivity contribution in [3.63, 3.8) is 0 Å². The van der Waals surface area contributed by atoms with E-state index in [1.165, 1.54) is 12.8 Å². The van der Waals surface area contributed by atoms with Crippen LogP contribution in [0.5, 0.6) is 0 Å². The molecule has 0 saturated heterocycles. The van der Waals surface area contributed by atoms with Crippen molar-refractivity contribution in [1.82, 2.24) is 14.9 Å². The van der Waals surface area contributed by atoms with Gasteiger partial charge in [-0.1, -0.05) is 6.92 Å². The van der Waals surface area contributed by atoms with Crippen LogP contribution in [0.1, 0.15) is 31.7 Å². The lowest BCUT2D eigenvalue weighted by molar-refractivity contribution is 0.556. The van der Waals surface area contributed by atoms with Crippen molar-refractivity contribution in [3.05, 3.63) is 32.6 Å². The van der Waals surface area contributed by atoms with Crippen molar-refractivity contribution < 1.29 is 0 Å². The van der Waals surface area contributed by atoms with Crippen molar-refractivity contribution in [2.75, 3.05) is 6.54 Å². The quantitative estimate of drug-likeness (QED) is 0.697. The molecule has 0 spiro atoms. The van der Waals surface area contributed by atoms with Crippen LogP contribution in [0.2, 0.25) is 0 Å². The van der Waals surface area contributed by atoms with Gasteiger partial charge in [0.2, 0.25) is 0 Å². The Bertz CT molecular complexity index is 485. The molecule has 0 aromatic carbocycles. The molecule has 1 saturated carbocycles. The number of hydrogen-bond acceptors (Lipinski definition) is 3. The highest BCUT2D eigenvalue weighted by Gasteiger charge is 2.19. The predicted octanol–water partition coefficient (Wildman–Crippen LogP) is 0.241. The summed E-state index contributed by atoms with van der Waals surface area (Å²) in [5, 5.41) is 3.40. The Morgan fingerprint density at radius 1 is 1.47 bits per heavy atom. The molecule has 94 valence electrons. The van der Waals surface area contributed by atoms with Crippen LogP contribution in [0.15, 0.2) is 15.8 Å². The first-order valence-corrected chi connectivity index (χ1v) is 6.26. The van der Waals surface area contributed by atoms with E-state index in [1.807, 2.05) is 6.92 Å². The van der Waals surface area contributed by atoms with Crippen molar-refractivity contribution in [1.29, 1.82) is 0 Å². The first kappa shape index (κ1) is 12.1. The Hall–Kier alpha value is -1.36. The average molecular weight is 237 g/mol. The van der Waals surface area contributed by atoms with E-state index in [9.17, 15) is 9.59 Å². The first-order chi connectivity index (χ1) is 8.20. The van der Waals surface area contributed by atoms with Gasteiger partial charge in [-0.25, -0.2) is 4.79 Å². The lowest BCUT2D eigenvalue weighted by atomic mass is 10.2. The molecule has 5 nitrogen and oxygen atoms in total. The van der Waals surface area contributed by atoms with Crippen molar-refractivity contribution in [2.24, 2.45) is 0 Å². The number of aromatic amines is 1. The molecule has 0 aliphatic heterocycles. The number of nitrogens with one attached hydrogen (secondary N) is 2. The third-order valence-corrected chi connectivity index (χ3v) is 3.05. The molecule has 0 amide bonds. The summed E-state index contributed by atoms with van der Waals surface area (Å²) in [4.78, 5) is 25.3. The molecule has 1 heterocycles. The Labute approximate surface area is 99.9 Å². The molecule has 0 bridgehead atoms. The van der Waals surface area contributed by atoms with Gasteiger partial charge >= 0.3 is 5.69 Å².